The zero-order valence-electron chi connectivity index (χ0n) is 29.2. The molecule has 53 heavy (non-hydrogen) atoms. The number of benzene rings is 6. The molecule has 6 nitrogen and oxygen atoms in total. The number of terminal acetylenes is 1. The molecule has 0 aromatic heterocycles. The maximum absolute atomic E-state index is 12.1. The van der Waals surface area contributed by atoms with E-state index < -0.39 is 17.5 Å². The molecule has 7 heteroatoms. The van der Waals surface area contributed by atoms with Crippen molar-refractivity contribution in [2.75, 3.05) is 5.75 Å². The summed E-state index contributed by atoms with van der Waals surface area (Å²) in [7, 11) is 0. The number of fused-ring (bicyclic) bond motifs is 1. The average Bonchev–Trinajstić information content (AvgIpc) is 3.21. The fourth-order valence-corrected chi connectivity index (χ4v) is 7.17. The van der Waals surface area contributed by atoms with Crippen LogP contribution in [-0.2, 0) is 26.4 Å². The number of aliphatic hydroxyl groups excluding tert-OH is 1. The minimum Gasteiger partial charge on any atom is -0.489 e. The Kier molecular flexibility index (Phi) is 11.8. The molecule has 1 N–H and O–H groups in total. The topological polar surface area (TPSA) is 66.4 Å². The van der Waals surface area contributed by atoms with Crippen LogP contribution in [0.2, 0.25) is 0 Å². The summed E-state index contributed by atoms with van der Waals surface area (Å²) < 4.78 is 32.2. The molecule has 1 aliphatic rings. The van der Waals surface area contributed by atoms with Crippen molar-refractivity contribution in [1.82, 2.24) is 0 Å². The third kappa shape index (κ3) is 9.17. The monoisotopic (exact) mass is 720 g/mol. The van der Waals surface area contributed by atoms with Gasteiger partial charge in [0.15, 0.2) is 17.6 Å². The highest BCUT2D eigenvalue weighted by atomic mass is 32.2. The zero-order chi connectivity index (χ0) is 36.2. The summed E-state index contributed by atoms with van der Waals surface area (Å²) >= 11 is 1.48. The van der Waals surface area contributed by atoms with Crippen molar-refractivity contribution in [3.8, 4) is 41.1 Å². The second-order valence-electron chi connectivity index (χ2n) is 12.6. The standard InChI is InChI=1S/C46H40O6S/c1-2-25-53-46-43-41(51-32-36-21-13-6-14-22-36)27-38(48-29-33-15-7-3-8-16-33)28-42(43)52-45(44(46)47)37-23-24-39(49-30-34-17-9-4-10-18-34)40(26-37)50-31-35-19-11-5-12-20-35/h1,3-24,26-28,44-47H,25,29-32H2/t44-,45-,46+/m1/s1. The smallest absolute Gasteiger partial charge is 0.162 e. The van der Waals surface area contributed by atoms with E-state index in [-0.39, 0.29) is 0 Å². The Labute approximate surface area is 315 Å². The Hall–Kier alpha value is -5.81. The lowest BCUT2D eigenvalue weighted by Crippen LogP contribution is -2.33. The van der Waals surface area contributed by atoms with Gasteiger partial charge in [-0.1, -0.05) is 133 Å². The molecule has 0 saturated heterocycles. The van der Waals surface area contributed by atoms with Crippen molar-refractivity contribution in [2.45, 2.75) is 43.9 Å². The molecule has 0 aliphatic carbocycles. The highest BCUT2D eigenvalue weighted by Crippen LogP contribution is 2.53. The van der Waals surface area contributed by atoms with Crippen molar-refractivity contribution >= 4 is 11.8 Å². The van der Waals surface area contributed by atoms with Crippen LogP contribution in [0.25, 0.3) is 0 Å². The molecule has 7 rings (SSSR count). The fourth-order valence-electron chi connectivity index (χ4n) is 6.16. The molecular weight excluding hydrogens is 681 g/mol. The van der Waals surface area contributed by atoms with Gasteiger partial charge in [0.05, 0.1) is 16.6 Å². The lowest BCUT2D eigenvalue weighted by atomic mass is 9.93. The second-order valence-corrected chi connectivity index (χ2v) is 13.7. The molecule has 6 aromatic carbocycles. The number of aliphatic hydroxyl groups is 1. The molecule has 266 valence electrons. The first-order chi connectivity index (χ1) is 26.1. The van der Waals surface area contributed by atoms with Gasteiger partial charge in [-0.3, -0.25) is 0 Å². The van der Waals surface area contributed by atoms with E-state index in [4.69, 9.17) is 30.1 Å². The van der Waals surface area contributed by atoms with Crippen molar-refractivity contribution in [3.05, 3.63) is 185 Å². The molecule has 3 atom stereocenters. The number of hydrogen-bond donors (Lipinski definition) is 1. The van der Waals surface area contributed by atoms with Crippen molar-refractivity contribution < 1.29 is 28.8 Å². The third-order valence-corrected chi connectivity index (χ3v) is 10.0. The third-order valence-electron chi connectivity index (χ3n) is 8.84. The van der Waals surface area contributed by atoms with Gasteiger partial charge >= 0.3 is 0 Å². The molecule has 0 bridgehead atoms. The van der Waals surface area contributed by atoms with Crippen LogP contribution < -0.4 is 23.7 Å². The minimum absolute atomic E-state index is 0.327. The van der Waals surface area contributed by atoms with Gasteiger partial charge in [0.2, 0.25) is 0 Å². The summed E-state index contributed by atoms with van der Waals surface area (Å²) in [4.78, 5) is 0. The number of rotatable bonds is 15. The molecule has 0 radical (unpaired) electrons. The van der Waals surface area contributed by atoms with Crippen LogP contribution >= 0.6 is 11.8 Å². The first kappa shape index (κ1) is 35.6. The quantitative estimate of drug-likeness (QED) is 0.106. The molecule has 0 saturated carbocycles. The summed E-state index contributed by atoms with van der Waals surface area (Å²) in [6, 6.07) is 49.3. The van der Waals surface area contributed by atoms with Gasteiger partial charge in [-0.25, -0.2) is 0 Å². The number of thioether (sulfide) groups is 1. The van der Waals surface area contributed by atoms with Crippen LogP contribution in [-0.4, -0.2) is 17.0 Å². The van der Waals surface area contributed by atoms with Crippen molar-refractivity contribution in [3.63, 3.8) is 0 Å². The Morgan fingerprint density at radius 2 is 1.06 bits per heavy atom. The Balaban J connectivity index is 1.23. The van der Waals surface area contributed by atoms with Gasteiger partial charge < -0.3 is 28.8 Å². The van der Waals surface area contributed by atoms with Crippen LogP contribution in [0.15, 0.2) is 152 Å². The van der Waals surface area contributed by atoms with E-state index in [2.05, 4.69) is 5.92 Å². The molecule has 1 aliphatic heterocycles. The number of hydrogen-bond acceptors (Lipinski definition) is 7. The first-order valence-electron chi connectivity index (χ1n) is 17.5. The Morgan fingerprint density at radius 1 is 0.566 bits per heavy atom. The summed E-state index contributed by atoms with van der Waals surface area (Å²) in [6.45, 7) is 1.41. The van der Waals surface area contributed by atoms with Gasteiger partial charge in [-0.05, 0) is 39.9 Å². The Bertz CT molecular complexity index is 2100. The van der Waals surface area contributed by atoms with Crippen LogP contribution in [0.5, 0.6) is 28.7 Å². The zero-order valence-corrected chi connectivity index (χ0v) is 30.0. The van der Waals surface area contributed by atoms with E-state index >= 15 is 0 Å². The lowest BCUT2D eigenvalue weighted by Gasteiger charge is -2.37. The van der Waals surface area contributed by atoms with Gasteiger partial charge in [-0.2, -0.15) is 0 Å². The molecule has 0 spiro atoms. The van der Waals surface area contributed by atoms with Gasteiger partial charge in [0.1, 0.15) is 49.8 Å². The van der Waals surface area contributed by atoms with E-state index in [9.17, 15) is 5.11 Å². The predicted octanol–water partition coefficient (Wildman–Crippen LogP) is 9.90. The van der Waals surface area contributed by atoms with Crippen LogP contribution in [0, 0.1) is 12.3 Å². The maximum Gasteiger partial charge on any atom is 0.162 e. The molecule has 1 heterocycles. The van der Waals surface area contributed by atoms with Gasteiger partial charge in [0.25, 0.3) is 0 Å². The molecule has 0 fully saturated rings. The molecule has 0 unspecified atom stereocenters. The normalized spacial score (nSPS) is 16.0. The van der Waals surface area contributed by atoms with E-state index in [0.29, 0.717) is 60.9 Å². The lowest BCUT2D eigenvalue weighted by molar-refractivity contribution is 0.0170. The minimum atomic E-state index is -0.978. The van der Waals surface area contributed by atoms with Crippen molar-refractivity contribution in [2.24, 2.45) is 0 Å². The fraction of sp³-hybridized carbons (Fsp3) is 0.174. The second kappa shape index (κ2) is 17.6. The highest BCUT2D eigenvalue weighted by Gasteiger charge is 2.41. The largest absolute Gasteiger partial charge is 0.489 e. The number of ether oxygens (including phenoxy) is 5. The van der Waals surface area contributed by atoms with Crippen LogP contribution in [0.4, 0.5) is 0 Å². The molecule has 6 aromatic rings. The van der Waals surface area contributed by atoms with E-state index in [1.165, 1.54) is 11.8 Å². The summed E-state index contributed by atoms with van der Waals surface area (Å²) in [5, 5.41) is 11.7. The first-order valence-corrected chi connectivity index (χ1v) is 18.6. The average molecular weight is 721 g/mol. The highest BCUT2D eigenvalue weighted by molar-refractivity contribution is 7.99. The van der Waals surface area contributed by atoms with Gasteiger partial charge in [0, 0.05) is 12.1 Å². The van der Waals surface area contributed by atoms with E-state index in [1.807, 2.05) is 152 Å². The van der Waals surface area contributed by atoms with E-state index in [1.54, 1.807) is 0 Å². The van der Waals surface area contributed by atoms with Crippen molar-refractivity contribution in [1.29, 1.82) is 0 Å². The maximum atomic E-state index is 12.1. The summed E-state index contributed by atoms with van der Waals surface area (Å²) in [5.41, 5.74) is 5.57. The van der Waals surface area contributed by atoms with Crippen LogP contribution in [0.1, 0.15) is 44.7 Å². The predicted molar refractivity (Wildman–Crippen MR) is 209 cm³/mol. The SMILES string of the molecule is C#CCS[C@H]1c2c(OCc3ccccc3)cc(OCc3ccccc3)cc2O[C@H](c2ccc(OCc3ccccc3)c(OCc3ccccc3)c2)[C@H]1O. The van der Waals surface area contributed by atoms with E-state index in [0.717, 1.165) is 33.4 Å². The Morgan fingerprint density at radius 3 is 1.58 bits per heavy atom. The molecule has 0 amide bonds. The molecular formula is C46H40O6S. The van der Waals surface area contributed by atoms with Crippen LogP contribution in [0.3, 0.4) is 0 Å². The summed E-state index contributed by atoms with van der Waals surface area (Å²) in [5.74, 6) is 5.96. The summed E-state index contributed by atoms with van der Waals surface area (Å²) in [6.07, 6.45) is 4.04. The van der Waals surface area contributed by atoms with Gasteiger partial charge in [-0.15, -0.1) is 18.2 Å².